The zero-order chi connectivity index (χ0) is 18.4. The number of fused-ring (bicyclic) bond motifs is 1. The quantitative estimate of drug-likeness (QED) is 0.640. The average molecular weight is 350 g/mol. The minimum absolute atomic E-state index is 0.126. The monoisotopic (exact) mass is 350 g/mol. The number of nitrogens with one attached hydrogen (secondary N) is 2. The van der Waals surface area contributed by atoms with Crippen LogP contribution in [0.4, 0.5) is 10.5 Å². The van der Waals surface area contributed by atoms with Crippen LogP contribution >= 0.6 is 0 Å². The summed E-state index contributed by atoms with van der Waals surface area (Å²) in [5.74, 6) is 0. The first-order chi connectivity index (χ1) is 12.6. The van der Waals surface area contributed by atoms with Crippen molar-refractivity contribution in [3.05, 3.63) is 66.4 Å². The fraction of sp³-hybridized carbons (Fsp3) is 0.286. The SMILES string of the molecule is CN(C)c1ccc(CNC(=O)NCCCn2ccc3ccccc32)cc1. The maximum Gasteiger partial charge on any atom is 0.315 e. The van der Waals surface area contributed by atoms with E-state index in [1.54, 1.807) is 0 Å². The van der Waals surface area contributed by atoms with Gasteiger partial charge < -0.3 is 20.1 Å². The molecule has 0 aliphatic heterocycles. The molecule has 2 amide bonds. The van der Waals surface area contributed by atoms with E-state index in [0.717, 1.165) is 24.2 Å². The van der Waals surface area contributed by atoms with Gasteiger partial charge in [0.2, 0.25) is 0 Å². The van der Waals surface area contributed by atoms with E-state index >= 15 is 0 Å². The van der Waals surface area contributed by atoms with Gasteiger partial charge in [-0.1, -0.05) is 30.3 Å². The van der Waals surface area contributed by atoms with Crippen molar-refractivity contribution in [3.8, 4) is 0 Å². The lowest BCUT2D eigenvalue weighted by Gasteiger charge is -2.13. The van der Waals surface area contributed by atoms with Crippen molar-refractivity contribution in [2.45, 2.75) is 19.5 Å². The number of nitrogens with zero attached hydrogens (tertiary/aromatic N) is 2. The van der Waals surface area contributed by atoms with Crippen LogP contribution < -0.4 is 15.5 Å². The Morgan fingerprint density at radius 2 is 1.77 bits per heavy atom. The zero-order valence-corrected chi connectivity index (χ0v) is 15.4. The van der Waals surface area contributed by atoms with Gasteiger partial charge >= 0.3 is 6.03 Å². The van der Waals surface area contributed by atoms with Crippen LogP contribution in [0.15, 0.2) is 60.8 Å². The molecule has 0 spiro atoms. The number of benzene rings is 2. The summed E-state index contributed by atoms with van der Waals surface area (Å²) < 4.78 is 2.22. The maximum absolute atomic E-state index is 11.9. The minimum Gasteiger partial charge on any atom is -0.378 e. The van der Waals surface area contributed by atoms with E-state index in [9.17, 15) is 4.79 Å². The minimum atomic E-state index is -0.126. The molecular weight excluding hydrogens is 324 g/mol. The van der Waals surface area contributed by atoms with E-state index in [0.29, 0.717) is 13.1 Å². The molecule has 0 saturated carbocycles. The summed E-state index contributed by atoms with van der Waals surface area (Å²) in [6.07, 6.45) is 2.99. The Kier molecular flexibility index (Phi) is 5.79. The molecule has 3 rings (SSSR count). The number of carbonyl (C=O) groups excluding carboxylic acids is 1. The van der Waals surface area contributed by atoms with Gasteiger partial charge in [0.1, 0.15) is 0 Å². The van der Waals surface area contributed by atoms with E-state index in [4.69, 9.17) is 0 Å². The molecule has 0 fully saturated rings. The van der Waals surface area contributed by atoms with E-state index in [2.05, 4.69) is 62.7 Å². The van der Waals surface area contributed by atoms with Gasteiger partial charge in [-0.3, -0.25) is 0 Å². The van der Waals surface area contributed by atoms with Crippen molar-refractivity contribution in [2.75, 3.05) is 25.5 Å². The first kappa shape index (κ1) is 17.9. The van der Waals surface area contributed by atoms with Crippen molar-refractivity contribution in [2.24, 2.45) is 0 Å². The molecule has 2 N–H and O–H groups in total. The van der Waals surface area contributed by atoms with Gasteiger partial charge in [-0.05, 0) is 41.6 Å². The Morgan fingerprint density at radius 3 is 2.54 bits per heavy atom. The number of anilines is 1. The van der Waals surface area contributed by atoms with Crippen LogP contribution in [0.25, 0.3) is 10.9 Å². The van der Waals surface area contributed by atoms with E-state index in [1.807, 2.05) is 32.3 Å². The summed E-state index contributed by atoms with van der Waals surface area (Å²) in [7, 11) is 4.02. The second-order valence-corrected chi connectivity index (χ2v) is 6.59. The maximum atomic E-state index is 11.9. The van der Waals surface area contributed by atoms with Crippen LogP contribution in [-0.2, 0) is 13.1 Å². The summed E-state index contributed by atoms with van der Waals surface area (Å²) >= 11 is 0. The Hall–Kier alpha value is -2.95. The van der Waals surface area contributed by atoms with Crippen molar-refractivity contribution >= 4 is 22.6 Å². The predicted octanol–water partition coefficient (Wildman–Crippen LogP) is 3.60. The lowest BCUT2D eigenvalue weighted by atomic mass is 10.2. The smallest absolute Gasteiger partial charge is 0.315 e. The first-order valence-corrected chi connectivity index (χ1v) is 8.95. The van der Waals surface area contributed by atoms with Crippen LogP contribution in [-0.4, -0.2) is 31.2 Å². The third-order valence-corrected chi connectivity index (χ3v) is 4.45. The van der Waals surface area contributed by atoms with E-state index in [-0.39, 0.29) is 6.03 Å². The average Bonchev–Trinajstić information content (AvgIpc) is 3.07. The summed E-state index contributed by atoms with van der Waals surface area (Å²) in [6.45, 7) is 2.07. The highest BCUT2D eigenvalue weighted by Crippen LogP contribution is 2.15. The first-order valence-electron chi connectivity index (χ1n) is 8.95. The molecule has 2 aromatic carbocycles. The number of amides is 2. The number of aromatic nitrogens is 1. The molecule has 0 aliphatic carbocycles. The van der Waals surface area contributed by atoms with Crippen LogP contribution in [0.3, 0.4) is 0 Å². The number of rotatable bonds is 7. The molecule has 0 unspecified atom stereocenters. The molecule has 0 atom stereocenters. The summed E-state index contributed by atoms with van der Waals surface area (Å²) in [4.78, 5) is 14.0. The number of hydrogen-bond acceptors (Lipinski definition) is 2. The molecule has 0 bridgehead atoms. The molecule has 5 nitrogen and oxygen atoms in total. The number of carbonyl (C=O) groups is 1. The van der Waals surface area contributed by atoms with E-state index < -0.39 is 0 Å². The van der Waals surface area contributed by atoms with Gasteiger partial charge in [-0.15, -0.1) is 0 Å². The Bertz CT molecular complexity index is 852. The standard InChI is InChI=1S/C21H26N4O/c1-24(2)19-10-8-17(9-11-19)16-23-21(26)22-13-5-14-25-15-12-18-6-3-4-7-20(18)25/h3-4,6-12,15H,5,13-14,16H2,1-2H3,(H2,22,23,26). The molecule has 1 heterocycles. The third-order valence-electron chi connectivity index (χ3n) is 4.45. The van der Waals surface area contributed by atoms with Crippen LogP contribution in [0.2, 0.25) is 0 Å². The van der Waals surface area contributed by atoms with Crippen LogP contribution in [0.1, 0.15) is 12.0 Å². The number of aryl methyl sites for hydroxylation is 1. The molecule has 1 aromatic heterocycles. The predicted molar refractivity (Wildman–Crippen MR) is 108 cm³/mol. The second kappa shape index (κ2) is 8.43. The Morgan fingerprint density at radius 1 is 1.00 bits per heavy atom. The molecule has 5 heteroatoms. The Labute approximate surface area is 154 Å². The van der Waals surface area contributed by atoms with Gasteiger partial charge in [-0.2, -0.15) is 0 Å². The van der Waals surface area contributed by atoms with Crippen LogP contribution in [0.5, 0.6) is 0 Å². The fourth-order valence-electron chi connectivity index (χ4n) is 2.94. The molecule has 26 heavy (non-hydrogen) atoms. The lowest BCUT2D eigenvalue weighted by molar-refractivity contribution is 0.240. The summed E-state index contributed by atoms with van der Waals surface area (Å²) in [5.41, 5.74) is 3.47. The molecular formula is C21H26N4O. The van der Waals surface area contributed by atoms with Crippen molar-refractivity contribution < 1.29 is 4.79 Å². The zero-order valence-electron chi connectivity index (χ0n) is 15.4. The van der Waals surface area contributed by atoms with Crippen LogP contribution in [0, 0.1) is 0 Å². The second-order valence-electron chi connectivity index (χ2n) is 6.59. The van der Waals surface area contributed by atoms with Gasteiger partial charge in [0.15, 0.2) is 0 Å². The highest BCUT2D eigenvalue weighted by Gasteiger charge is 2.02. The van der Waals surface area contributed by atoms with Crippen molar-refractivity contribution in [1.82, 2.24) is 15.2 Å². The summed E-state index contributed by atoms with van der Waals surface area (Å²) in [6, 6.07) is 18.5. The number of hydrogen-bond donors (Lipinski definition) is 2. The van der Waals surface area contributed by atoms with Gasteiger partial charge in [0.25, 0.3) is 0 Å². The number of para-hydroxylation sites is 1. The van der Waals surface area contributed by atoms with E-state index in [1.165, 1.54) is 10.9 Å². The molecule has 0 saturated heterocycles. The highest BCUT2D eigenvalue weighted by atomic mass is 16.2. The molecule has 3 aromatic rings. The summed E-state index contributed by atoms with van der Waals surface area (Å²) in [5, 5.41) is 7.07. The number of urea groups is 1. The molecule has 136 valence electrons. The lowest BCUT2D eigenvalue weighted by Crippen LogP contribution is -2.35. The topological polar surface area (TPSA) is 49.3 Å². The van der Waals surface area contributed by atoms with Gasteiger partial charge in [-0.25, -0.2) is 4.79 Å². The van der Waals surface area contributed by atoms with Crippen molar-refractivity contribution in [1.29, 1.82) is 0 Å². The molecule has 0 radical (unpaired) electrons. The van der Waals surface area contributed by atoms with Crippen molar-refractivity contribution in [3.63, 3.8) is 0 Å². The molecule has 0 aliphatic rings. The fourth-order valence-corrected chi connectivity index (χ4v) is 2.94. The van der Waals surface area contributed by atoms with Gasteiger partial charge in [0, 0.05) is 51.1 Å². The Balaban J connectivity index is 1.37. The highest BCUT2D eigenvalue weighted by molar-refractivity contribution is 5.79. The van der Waals surface area contributed by atoms with Gasteiger partial charge in [0.05, 0.1) is 0 Å². The normalized spacial score (nSPS) is 10.7. The largest absolute Gasteiger partial charge is 0.378 e. The third kappa shape index (κ3) is 4.57.